The Hall–Kier alpha value is -0.0831. The summed E-state index contributed by atoms with van der Waals surface area (Å²) in [5, 5.41) is 0. The van der Waals surface area contributed by atoms with Crippen molar-refractivity contribution >= 4 is 8.07 Å². The molecule has 0 fully saturated rings. The highest BCUT2D eigenvalue weighted by Crippen LogP contribution is 2.15. The normalized spacial score (nSPS) is 13.2. The van der Waals surface area contributed by atoms with Crippen molar-refractivity contribution in [2.45, 2.75) is 32.1 Å². The second kappa shape index (κ2) is 5.54. The molecule has 0 saturated heterocycles. The van der Waals surface area contributed by atoms with Gasteiger partial charge in [-0.2, -0.15) is 0 Å². The monoisotopic (exact) mass is 185 g/mol. The molecule has 0 unspecified atom stereocenters. The van der Waals surface area contributed by atoms with Crippen molar-refractivity contribution in [2.75, 3.05) is 20.6 Å². The summed E-state index contributed by atoms with van der Waals surface area (Å²) in [5.74, 6) is 0. The molecule has 0 radical (unpaired) electrons. The lowest BCUT2D eigenvalue weighted by Gasteiger charge is -2.22. The largest absolute Gasteiger partial charge is 0.310 e. The van der Waals surface area contributed by atoms with Crippen molar-refractivity contribution in [3.8, 4) is 0 Å². The van der Waals surface area contributed by atoms with Gasteiger partial charge in [-0.3, -0.25) is 0 Å². The molecule has 0 spiro atoms. The van der Waals surface area contributed by atoms with Crippen LogP contribution >= 0.6 is 0 Å². The van der Waals surface area contributed by atoms with Crippen LogP contribution in [0.4, 0.5) is 0 Å². The minimum absolute atomic E-state index is 0.916. The van der Waals surface area contributed by atoms with E-state index in [9.17, 15) is 0 Å². The van der Waals surface area contributed by atoms with Crippen molar-refractivity contribution in [3.63, 3.8) is 0 Å². The Morgan fingerprint density at radius 1 is 1.25 bits per heavy atom. The molecule has 0 aromatic heterocycles. The predicted molar refractivity (Wildman–Crippen MR) is 60.5 cm³/mol. The molecule has 0 aliphatic carbocycles. The molecule has 0 N–H and O–H groups in total. The van der Waals surface area contributed by atoms with Crippen molar-refractivity contribution < 1.29 is 0 Å². The highest BCUT2D eigenvalue weighted by atomic mass is 28.3. The van der Waals surface area contributed by atoms with Crippen LogP contribution in [0.1, 0.15) is 6.92 Å². The van der Waals surface area contributed by atoms with Crippen LogP contribution in [0.5, 0.6) is 0 Å². The van der Waals surface area contributed by atoms with E-state index in [1.54, 1.807) is 0 Å². The fourth-order valence-electron chi connectivity index (χ4n) is 1.07. The van der Waals surface area contributed by atoms with Crippen LogP contribution in [0.3, 0.4) is 0 Å². The van der Waals surface area contributed by atoms with E-state index in [0.717, 1.165) is 0 Å². The minimum atomic E-state index is -0.916. The third kappa shape index (κ3) is 6.62. The van der Waals surface area contributed by atoms with Gasteiger partial charge in [0, 0.05) is 0 Å². The third-order valence-electron chi connectivity index (χ3n) is 2.14. The summed E-state index contributed by atoms with van der Waals surface area (Å²) in [6.07, 6.45) is 4.49. The maximum atomic E-state index is 2.47. The molecule has 0 aromatic carbocycles. The van der Waals surface area contributed by atoms with Gasteiger partial charge in [0.1, 0.15) is 0 Å². The molecule has 0 atom stereocenters. The van der Waals surface area contributed by atoms with Crippen molar-refractivity contribution in [3.05, 3.63) is 12.2 Å². The van der Waals surface area contributed by atoms with Gasteiger partial charge < -0.3 is 4.90 Å². The van der Waals surface area contributed by atoms with Crippen molar-refractivity contribution in [2.24, 2.45) is 0 Å². The van der Waals surface area contributed by atoms with Crippen molar-refractivity contribution in [1.29, 1.82) is 0 Å². The van der Waals surface area contributed by atoms with E-state index in [0.29, 0.717) is 0 Å². The predicted octanol–water partition coefficient (Wildman–Crippen LogP) is 2.83. The van der Waals surface area contributed by atoms with E-state index in [1.165, 1.54) is 18.6 Å². The van der Waals surface area contributed by atoms with Crippen LogP contribution in [0.2, 0.25) is 25.2 Å². The molecular weight excluding hydrogens is 162 g/mol. The number of hydrogen-bond acceptors (Lipinski definition) is 1. The summed E-state index contributed by atoms with van der Waals surface area (Å²) in [6, 6.07) is 2.74. The Labute approximate surface area is 78.5 Å². The lowest BCUT2D eigenvalue weighted by molar-refractivity contribution is 0.431. The van der Waals surface area contributed by atoms with Gasteiger partial charge in [-0.25, -0.2) is 0 Å². The lowest BCUT2D eigenvalue weighted by Crippen LogP contribution is -2.29. The van der Waals surface area contributed by atoms with Crippen LogP contribution in [-0.2, 0) is 0 Å². The van der Waals surface area contributed by atoms with Crippen LogP contribution in [0.15, 0.2) is 12.2 Å². The Morgan fingerprint density at radius 2 is 1.83 bits per heavy atom. The summed E-state index contributed by atoms with van der Waals surface area (Å²) < 4.78 is 0. The van der Waals surface area contributed by atoms with Crippen LogP contribution < -0.4 is 0 Å². The molecule has 72 valence electrons. The van der Waals surface area contributed by atoms with Crippen molar-refractivity contribution in [1.82, 2.24) is 4.90 Å². The third-order valence-corrected chi connectivity index (χ3v) is 5.06. The summed E-state index contributed by atoms with van der Waals surface area (Å²) in [6.45, 7) is 8.29. The quantitative estimate of drug-likeness (QED) is 0.470. The first kappa shape index (κ1) is 11.9. The molecular formula is C10H23NSi. The minimum Gasteiger partial charge on any atom is -0.310 e. The number of nitrogens with zero attached hydrogens (tertiary/aromatic N) is 1. The topological polar surface area (TPSA) is 3.24 Å². The molecule has 0 aliphatic heterocycles. The van der Waals surface area contributed by atoms with Gasteiger partial charge >= 0.3 is 0 Å². The zero-order chi connectivity index (χ0) is 9.61. The second-order valence-electron chi connectivity index (χ2n) is 4.49. The molecule has 2 heteroatoms. The molecule has 0 aromatic rings. The average molecular weight is 185 g/mol. The van der Waals surface area contributed by atoms with Gasteiger partial charge in [-0.1, -0.05) is 25.2 Å². The molecule has 12 heavy (non-hydrogen) atoms. The zero-order valence-corrected chi connectivity index (χ0v) is 10.2. The molecule has 0 rings (SSSR count). The van der Waals surface area contributed by atoms with Gasteiger partial charge in [0.25, 0.3) is 0 Å². The van der Waals surface area contributed by atoms with E-state index >= 15 is 0 Å². The summed E-state index contributed by atoms with van der Waals surface area (Å²) >= 11 is 0. The maximum Gasteiger partial charge on any atom is 0.0523 e. The first-order valence-corrected chi connectivity index (χ1v) is 8.15. The smallest absolute Gasteiger partial charge is 0.0523 e. The Balaban J connectivity index is 3.70. The van der Waals surface area contributed by atoms with E-state index in [-0.39, 0.29) is 0 Å². The van der Waals surface area contributed by atoms with Crippen LogP contribution in [-0.4, -0.2) is 33.6 Å². The Morgan fingerprint density at radius 3 is 2.25 bits per heavy atom. The Kier molecular flexibility index (Phi) is 5.50. The lowest BCUT2D eigenvalue weighted by atomic mass is 10.6. The van der Waals surface area contributed by atoms with Crippen LogP contribution in [0, 0.1) is 0 Å². The molecule has 0 saturated carbocycles. The molecule has 0 aliphatic rings. The summed E-state index contributed by atoms with van der Waals surface area (Å²) in [5.41, 5.74) is 0. The number of hydrogen-bond donors (Lipinski definition) is 0. The van der Waals surface area contributed by atoms with Crippen LogP contribution in [0.25, 0.3) is 0 Å². The van der Waals surface area contributed by atoms with E-state index in [4.69, 9.17) is 0 Å². The van der Waals surface area contributed by atoms with Gasteiger partial charge in [0.15, 0.2) is 0 Å². The summed E-state index contributed by atoms with van der Waals surface area (Å²) in [4.78, 5) is 2.28. The average Bonchev–Trinajstić information content (AvgIpc) is 1.98. The van der Waals surface area contributed by atoms with Gasteiger partial charge in [-0.15, -0.1) is 0 Å². The summed E-state index contributed by atoms with van der Waals surface area (Å²) in [7, 11) is 3.39. The second-order valence-corrected chi connectivity index (χ2v) is 9.73. The first-order valence-electron chi connectivity index (χ1n) is 4.74. The van der Waals surface area contributed by atoms with Gasteiger partial charge in [0.05, 0.1) is 8.07 Å². The fraction of sp³-hybridized carbons (Fsp3) is 0.800. The maximum absolute atomic E-state index is 2.47. The highest BCUT2D eigenvalue weighted by Gasteiger charge is 2.18. The Bertz CT molecular complexity index is 139. The number of allylic oxidation sites excluding steroid dienone is 2. The van der Waals surface area contributed by atoms with E-state index in [1.807, 2.05) is 0 Å². The zero-order valence-electron chi connectivity index (χ0n) is 9.22. The number of rotatable bonds is 5. The molecule has 0 bridgehead atoms. The van der Waals surface area contributed by atoms with Gasteiger partial charge in [0.2, 0.25) is 0 Å². The molecule has 1 nitrogen and oxygen atoms in total. The first-order chi connectivity index (χ1) is 5.48. The van der Waals surface area contributed by atoms with Gasteiger partial charge in [-0.05, 0) is 39.7 Å². The SMILES string of the molecule is CC=CC[Si](C)(C)CCN(C)C. The highest BCUT2D eigenvalue weighted by molar-refractivity contribution is 6.77. The van der Waals surface area contributed by atoms with E-state index in [2.05, 4.69) is 51.2 Å². The standard InChI is InChI=1S/C10H23NSi/c1-6-7-9-12(4,5)10-8-11(2)3/h6-7H,8-10H2,1-5H3. The molecule has 0 amide bonds. The molecule has 0 heterocycles. The van der Waals surface area contributed by atoms with E-state index < -0.39 is 8.07 Å². The fourth-order valence-corrected chi connectivity index (χ4v) is 3.20.